The number of benzene rings is 4. The molecule has 0 spiro atoms. The molecule has 0 heterocycles. The van der Waals surface area contributed by atoms with Crippen molar-refractivity contribution < 1.29 is 28.8 Å². The van der Waals surface area contributed by atoms with Gasteiger partial charge in [-0.2, -0.15) is 8.42 Å². The van der Waals surface area contributed by atoms with Crippen LogP contribution in [0.3, 0.4) is 0 Å². The van der Waals surface area contributed by atoms with Gasteiger partial charge in [0.05, 0.1) is 0 Å². The Kier molecular flexibility index (Phi) is 8.82. The summed E-state index contributed by atoms with van der Waals surface area (Å²) in [6.07, 6.45) is 0. The molecule has 0 bridgehead atoms. The van der Waals surface area contributed by atoms with E-state index < -0.39 is 11.6 Å². The molecule has 7 heteroatoms. The summed E-state index contributed by atoms with van der Waals surface area (Å²) >= 11 is -0.750. The Bertz CT molecular complexity index is 1050. The van der Waals surface area contributed by atoms with Crippen LogP contribution in [0.1, 0.15) is 0 Å². The molecule has 158 valence electrons. The summed E-state index contributed by atoms with van der Waals surface area (Å²) in [6.45, 7) is 0. The van der Waals surface area contributed by atoms with Crippen LogP contribution in [0.4, 0.5) is 0 Å². The van der Waals surface area contributed by atoms with Gasteiger partial charge in [-0.25, -0.2) is 0 Å². The van der Waals surface area contributed by atoms with Crippen molar-refractivity contribution in [3.8, 4) is 45.3 Å². The Balaban J connectivity index is 0.000000196. The lowest BCUT2D eigenvalue weighted by molar-refractivity contribution is 0.474. The standard InChI is InChI=1S/2C12H10O2.O2S/c2*13-11-6-4-9(5-7-11)10-2-1-3-12(14)8-10;1-3-2/h2*1-8,13-14H;. The maximum absolute atomic E-state index is 9.28. The monoisotopic (exact) mass is 436 g/mol. The molecule has 0 aliphatic heterocycles. The van der Waals surface area contributed by atoms with E-state index in [1.165, 1.54) is 0 Å². The van der Waals surface area contributed by atoms with Crippen LogP contribution in [-0.2, 0) is 11.6 Å². The summed E-state index contributed by atoms with van der Waals surface area (Å²) < 4.78 is 16.6. The molecule has 0 amide bonds. The van der Waals surface area contributed by atoms with E-state index >= 15 is 0 Å². The highest BCUT2D eigenvalue weighted by Gasteiger charge is 1.99. The molecule has 0 saturated heterocycles. The summed E-state index contributed by atoms with van der Waals surface area (Å²) in [6, 6.07) is 27.8. The van der Waals surface area contributed by atoms with Crippen molar-refractivity contribution in [1.82, 2.24) is 0 Å². The quantitative estimate of drug-likeness (QED) is 0.357. The maximum Gasteiger partial charge on any atom is 0.335 e. The highest BCUT2D eigenvalue weighted by atomic mass is 32.1. The van der Waals surface area contributed by atoms with E-state index in [0.717, 1.165) is 22.3 Å². The highest BCUT2D eigenvalue weighted by molar-refractivity contribution is 7.51. The average Bonchev–Trinajstić information content (AvgIpc) is 2.76. The van der Waals surface area contributed by atoms with Gasteiger partial charge in [-0.1, -0.05) is 48.5 Å². The molecule has 0 fully saturated rings. The predicted octanol–water partition coefficient (Wildman–Crippen LogP) is 4.86. The van der Waals surface area contributed by atoms with E-state index in [-0.39, 0.29) is 23.0 Å². The zero-order valence-electron chi connectivity index (χ0n) is 16.3. The van der Waals surface area contributed by atoms with E-state index in [2.05, 4.69) is 0 Å². The van der Waals surface area contributed by atoms with Crippen LogP contribution in [0.15, 0.2) is 97.1 Å². The fourth-order valence-electron chi connectivity index (χ4n) is 2.68. The molecule has 0 atom stereocenters. The second-order valence-corrected chi connectivity index (χ2v) is 6.40. The molecule has 0 aromatic heterocycles. The number of phenolic OH excluding ortho intramolecular Hbond substituents is 4. The Morgan fingerprint density at radius 1 is 0.419 bits per heavy atom. The van der Waals surface area contributed by atoms with Crippen LogP contribution in [0.2, 0.25) is 0 Å². The second-order valence-electron chi connectivity index (χ2n) is 6.26. The molecule has 4 aromatic carbocycles. The molecule has 4 rings (SSSR count). The van der Waals surface area contributed by atoms with Gasteiger partial charge in [-0.15, -0.1) is 0 Å². The van der Waals surface area contributed by atoms with Gasteiger partial charge in [0, 0.05) is 0 Å². The maximum atomic E-state index is 9.28. The van der Waals surface area contributed by atoms with Gasteiger partial charge in [-0.3, -0.25) is 0 Å². The average molecular weight is 436 g/mol. The predicted molar refractivity (Wildman–Crippen MR) is 119 cm³/mol. The minimum Gasteiger partial charge on any atom is -0.508 e. The number of aromatic hydroxyl groups is 4. The van der Waals surface area contributed by atoms with Crippen molar-refractivity contribution in [1.29, 1.82) is 0 Å². The third-order valence-electron chi connectivity index (χ3n) is 4.09. The fraction of sp³-hybridized carbons (Fsp3) is 0. The topological polar surface area (TPSA) is 115 Å². The summed E-state index contributed by atoms with van der Waals surface area (Å²) in [4.78, 5) is 0. The van der Waals surface area contributed by atoms with Gasteiger partial charge in [-0.05, 0) is 70.8 Å². The molecular weight excluding hydrogens is 416 g/mol. The summed E-state index contributed by atoms with van der Waals surface area (Å²) in [5, 5.41) is 36.8. The highest BCUT2D eigenvalue weighted by Crippen LogP contribution is 2.25. The van der Waals surface area contributed by atoms with Crippen LogP contribution in [0.25, 0.3) is 22.3 Å². The van der Waals surface area contributed by atoms with Crippen molar-refractivity contribution in [3.63, 3.8) is 0 Å². The Morgan fingerprint density at radius 2 is 0.742 bits per heavy atom. The first-order chi connectivity index (χ1) is 14.9. The summed E-state index contributed by atoms with van der Waals surface area (Å²) in [7, 11) is 0. The molecule has 4 N–H and O–H groups in total. The molecule has 31 heavy (non-hydrogen) atoms. The first-order valence-corrected chi connectivity index (χ1v) is 9.68. The van der Waals surface area contributed by atoms with Gasteiger partial charge >= 0.3 is 11.6 Å². The lowest BCUT2D eigenvalue weighted by atomic mass is 10.1. The van der Waals surface area contributed by atoms with Crippen molar-refractivity contribution in [2.45, 2.75) is 0 Å². The van der Waals surface area contributed by atoms with Gasteiger partial charge in [0.25, 0.3) is 0 Å². The van der Waals surface area contributed by atoms with Crippen LogP contribution >= 0.6 is 0 Å². The molecule has 6 nitrogen and oxygen atoms in total. The molecule has 0 unspecified atom stereocenters. The normalized spacial score (nSPS) is 9.42. The van der Waals surface area contributed by atoms with Crippen LogP contribution in [0, 0.1) is 0 Å². The minimum atomic E-state index is -0.750. The number of rotatable bonds is 2. The van der Waals surface area contributed by atoms with Gasteiger partial charge < -0.3 is 20.4 Å². The molecule has 0 aliphatic rings. The first-order valence-electron chi connectivity index (χ1n) is 9.01. The van der Waals surface area contributed by atoms with Crippen molar-refractivity contribution in [3.05, 3.63) is 97.1 Å². The smallest absolute Gasteiger partial charge is 0.335 e. The van der Waals surface area contributed by atoms with E-state index in [0.29, 0.717) is 0 Å². The van der Waals surface area contributed by atoms with E-state index in [9.17, 15) is 10.2 Å². The SMILES string of the molecule is O=S=O.Oc1ccc(-c2cccc(O)c2)cc1.Oc1ccc(-c2cccc(O)c2)cc1. The Morgan fingerprint density at radius 3 is 1.03 bits per heavy atom. The lowest BCUT2D eigenvalue weighted by Gasteiger charge is -2.01. The van der Waals surface area contributed by atoms with E-state index in [1.807, 2.05) is 36.4 Å². The van der Waals surface area contributed by atoms with E-state index in [1.54, 1.807) is 60.7 Å². The number of phenols is 4. The first kappa shape index (κ1) is 23.2. The van der Waals surface area contributed by atoms with Crippen molar-refractivity contribution >= 4 is 11.6 Å². The third-order valence-corrected chi connectivity index (χ3v) is 4.09. The third kappa shape index (κ3) is 7.68. The summed E-state index contributed by atoms with van der Waals surface area (Å²) in [5.74, 6) is 0.981. The lowest BCUT2D eigenvalue weighted by Crippen LogP contribution is -1.76. The molecular formula is C24H20O6S. The molecule has 4 aromatic rings. The van der Waals surface area contributed by atoms with E-state index in [4.69, 9.17) is 18.6 Å². The van der Waals surface area contributed by atoms with Crippen LogP contribution in [0.5, 0.6) is 23.0 Å². The molecule has 0 saturated carbocycles. The van der Waals surface area contributed by atoms with Gasteiger partial charge in [0.2, 0.25) is 0 Å². The van der Waals surface area contributed by atoms with Crippen molar-refractivity contribution in [2.24, 2.45) is 0 Å². The largest absolute Gasteiger partial charge is 0.508 e. The number of hydrogen-bond acceptors (Lipinski definition) is 6. The minimum absolute atomic E-state index is 0.244. The summed E-state index contributed by atoms with van der Waals surface area (Å²) in [5.41, 5.74) is 3.81. The second kappa shape index (κ2) is 11.8. The molecule has 0 radical (unpaired) electrons. The van der Waals surface area contributed by atoms with Gasteiger partial charge in [0.15, 0.2) is 0 Å². The van der Waals surface area contributed by atoms with Crippen LogP contribution < -0.4 is 0 Å². The van der Waals surface area contributed by atoms with Crippen molar-refractivity contribution in [2.75, 3.05) is 0 Å². The van der Waals surface area contributed by atoms with Gasteiger partial charge in [0.1, 0.15) is 23.0 Å². The zero-order chi connectivity index (χ0) is 22.6. The number of hydrogen-bond donors (Lipinski definition) is 4. The molecule has 0 aliphatic carbocycles. The Labute approximate surface area is 182 Å². The Hall–Kier alpha value is -4.10. The zero-order valence-corrected chi connectivity index (χ0v) is 17.1. The van der Waals surface area contributed by atoms with Crippen LogP contribution in [-0.4, -0.2) is 28.8 Å². The fourth-order valence-corrected chi connectivity index (χ4v) is 2.68.